The summed E-state index contributed by atoms with van der Waals surface area (Å²) >= 11 is 0. The van der Waals surface area contributed by atoms with E-state index in [1.54, 1.807) is 0 Å². The number of nitrogens with zero attached hydrogens (tertiary/aromatic N) is 2. The number of likely N-dealkylation sites (tertiary alicyclic amines) is 1. The summed E-state index contributed by atoms with van der Waals surface area (Å²) in [5, 5.41) is 0. The van der Waals surface area contributed by atoms with E-state index in [0.29, 0.717) is 12.6 Å². The highest BCUT2D eigenvalue weighted by Crippen LogP contribution is 2.30. The van der Waals surface area contributed by atoms with Gasteiger partial charge in [-0.15, -0.1) is 0 Å². The molecule has 17 heavy (non-hydrogen) atoms. The van der Waals surface area contributed by atoms with Gasteiger partial charge in [-0.25, -0.2) is 4.98 Å². The average molecular weight is 234 g/mol. The summed E-state index contributed by atoms with van der Waals surface area (Å²) in [4.78, 5) is 6.91. The molecule has 2 rings (SSSR count). The number of piperidine rings is 1. The SMILES string of the molecule is CCOc1ccc(C2CCCCN2CC)cn1. The average Bonchev–Trinajstić information content (AvgIpc) is 2.40. The second-order valence-electron chi connectivity index (χ2n) is 4.50. The van der Waals surface area contributed by atoms with Crippen molar-refractivity contribution in [2.24, 2.45) is 0 Å². The molecule has 94 valence electrons. The fourth-order valence-corrected chi connectivity index (χ4v) is 2.57. The molecule has 1 fully saturated rings. The van der Waals surface area contributed by atoms with Gasteiger partial charge in [-0.1, -0.05) is 19.4 Å². The Morgan fingerprint density at radius 3 is 2.88 bits per heavy atom. The van der Waals surface area contributed by atoms with Crippen LogP contribution >= 0.6 is 0 Å². The molecule has 0 aliphatic carbocycles. The Balaban J connectivity index is 2.09. The fourth-order valence-electron chi connectivity index (χ4n) is 2.57. The maximum Gasteiger partial charge on any atom is 0.213 e. The Morgan fingerprint density at radius 1 is 1.35 bits per heavy atom. The summed E-state index contributed by atoms with van der Waals surface area (Å²) in [6.45, 7) is 7.24. The first-order chi connectivity index (χ1) is 8.35. The molecule has 0 N–H and O–H groups in total. The molecule has 1 aliphatic heterocycles. The third kappa shape index (κ3) is 2.97. The van der Waals surface area contributed by atoms with Crippen molar-refractivity contribution in [3.8, 4) is 5.88 Å². The largest absolute Gasteiger partial charge is 0.478 e. The Kier molecular flexibility index (Phi) is 4.37. The molecule has 1 aliphatic rings. The molecule has 0 amide bonds. The van der Waals surface area contributed by atoms with E-state index >= 15 is 0 Å². The summed E-state index contributed by atoms with van der Waals surface area (Å²) in [5.41, 5.74) is 1.33. The lowest BCUT2D eigenvalue weighted by molar-refractivity contribution is 0.157. The number of pyridine rings is 1. The van der Waals surface area contributed by atoms with Gasteiger partial charge in [-0.3, -0.25) is 4.90 Å². The third-order valence-corrected chi connectivity index (χ3v) is 3.46. The van der Waals surface area contributed by atoms with E-state index in [2.05, 4.69) is 22.9 Å². The monoisotopic (exact) mass is 234 g/mol. The standard InChI is InChI=1S/C14H22N2O/c1-3-16-10-6-5-7-13(16)12-8-9-14(15-11-12)17-4-2/h8-9,11,13H,3-7,10H2,1-2H3. The predicted octanol–water partition coefficient (Wildman–Crippen LogP) is 3.03. The minimum absolute atomic E-state index is 0.553. The van der Waals surface area contributed by atoms with Crippen molar-refractivity contribution in [2.75, 3.05) is 19.7 Å². The summed E-state index contributed by atoms with van der Waals surface area (Å²) in [6, 6.07) is 4.70. The number of rotatable bonds is 4. The first kappa shape index (κ1) is 12.4. The lowest BCUT2D eigenvalue weighted by Crippen LogP contribution is -2.33. The molecule has 0 radical (unpaired) electrons. The normalized spacial score (nSPS) is 21.4. The number of aromatic nitrogens is 1. The van der Waals surface area contributed by atoms with Crippen molar-refractivity contribution in [2.45, 2.75) is 39.2 Å². The molecule has 1 aromatic heterocycles. The van der Waals surface area contributed by atoms with Crippen molar-refractivity contribution < 1.29 is 4.74 Å². The van der Waals surface area contributed by atoms with Crippen LogP contribution in [0.2, 0.25) is 0 Å². The van der Waals surface area contributed by atoms with Gasteiger partial charge in [-0.05, 0) is 38.4 Å². The highest BCUT2D eigenvalue weighted by molar-refractivity contribution is 5.21. The number of ether oxygens (including phenoxy) is 1. The highest BCUT2D eigenvalue weighted by atomic mass is 16.5. The first-order valence-corrected chi connectivity index (χ1v) is 6.68. The van der Waals surface area contributed by atoms with Gasteiger partial charge in [0.25, 0.3) is 0 Å². The minimum Gasteiger partial charge on any atom is -0.478 e. The molecule has 2 heterocycles. The first-order valence-electron chi connectivity index (χ1n) is 6.68. The molecule has 1 aromatic rings. The van der Waals surface area contributed by atoms with E-state index in [1.807, 2.05) is 19.2 Å². The predicted molar refractivity (Wildman–Crippen MR) is 69.2 cm³/mol. The van der Waals surface area contributed by atoms with Gasteiger partial charge in [0.2, 0.25) is 5.88 Å². The second-order valence-corrected chi connectivity index (χ2v) is 4.50. The molecule has 1 unspecified atom stereocenters. The molecule has 3 nitrogen and oxygen atoms in total. The lowest BCUT2D eigenvalue weighted by Gasteiger charge is -2.35. The summed E-state index contributed by atoms with van der Waals surface area (Å²) < 4.78 is 5.38. The number of hydrogen-bond donors (Lipinski definition) is 0. The zero-order chi connectivity index (χ0) is 12.1. The Labute approximate surface area is 104 Å². The molecular formula is C14H22N2O. The van der Waals surface area contributed by atoms with Crippen LogP contribution < -0.4 is 4.74 Å². The highest BCUT2D eigenvalue weighted by Gasteiger charge is 2.22. The van der Waals surface area contributed by atoms with Gasteiger partial charge in [-0.2, -0.15) is 0 Å². The number of hydrogen-bond acceptors (Lipinski definition) is 3. The molecule has 3 heteroatoms. The van der Waals surface area contributed by atoms with E-state index < -0.39 is 0 Å². The molecule has 0 spiro atoms. The van der Waals surface area contributed by atoms with Gasteiger partial charge in [0.1, 0.15) is 0 Å². The lowest BCUT2D eigenvalue weighted by atomic mass is 9.96. The molecular weight excluding hydrogens is 212 g/mol. The van der Waals surface area contributed by atoms with E-state index in [-0.39, 0.29) is 0 Å². The van der Waals surface area contributed by atoms with Gasteiger partial charge in [0.15, 0.2) is 0 Å². The van der Waals surface area contributed by atoms with Crippen LogP contribution in [-0.4, -0.2) is 29.6 Å². The summed E-state index contributed by atoms with van der Waals surface area (Å²) in [5.74, 6) is 0.732. The van der Waals surface area contributed by atoms with Crippen molar-refractivity contribution in [1.29, 1.82) is 0 Å². The quantitative estimate of drug-likeness (QED) is 0.800. The molecule has 0 saturated carbocycles. The maximum absolute atomic E-state index is 5.38. The second kappa shape index (κ2) is 6.01. The van der Waals surface area contributed by atoms with Crippen molar-refractivity contribution in [3.63, 3.8) is 0 Å². The molecule has 1 saturated heterocycles. The Morgan fingerprint density at radius 2 is 2.24 bits per heavy atom. The van der Waals surface area contributed by atoms with Gasteiger partial charge >= 0.3 is 0 Å². The molecule has 0 bridgehead atoms. The van der Waals surface area contributed by atoms with Crippen LogP contribution in [-0.2, 0) is 0 Å². The van der Waals surface area contributed by atoms with Crippen molar-refractivity contribution in [3.05, 3.63) is 23.9 Å². The van der Waals surface area contributed by atoms with Gasteiger partial charge in [0, 0.05) is 18.3 Å². The zero-order valence-electron chi connectivity index (χ0n) is 10.9. The van der Waals surface area contributed by atoms with E-state index in [0.717, 1.165) is 12.4 Å². The third-order valence-electron chi connectivity index (χ3n) is 3.46. The van der Waals surface area contributed by atoms with Crippen molar-refractivity contribution >= 4 is 0 Å². The maximum atomic E-state index is 5.38. The van der Waals surface area contributed by atoms with Gasteiger partial charge in [0.05, 0.1) is 6.61 Å². The van der Waals surface area contributed by atoms with Crippen LogP contribution in [0.25, 0.3) is 0 Å². The van der Waals surface area contributed by atoms with E-state index in [4.69, 9.17) is 4.74 Å². The molecule has 0 aromatic carbocycles. The van der Waals surface area contributed by atoms with E-state index in [9.17, 15) is 0 Å². The smallest absolute Gasteiger partial charge is 0.213 e. The molecule has 1 atom stereocenters. The zero-order valence-corrected chi connectivity index (χ0v) is 10.9. The topological polar surface area (TPSA) is 25.4 Å². The fraction of sp³-hybridized carbons (Fsp3) is 0.643. The Bertz CT molecular complexity index is 337. The minimum atomic E-state index is 0.553. The van der Waals surface area contributed by atoms with Crippen LogP contribution in [0.15, 0.2) is 18.3 Å². The van der Waals surface area contributed by atoms with Crippen LogP contribution in [0, 0.1) is 0 Å². The van der Waals surface area contributed by atoms with Crippen LogP contribution in [0.5, 0.6) is 5.88 Å². The van der Waals surface area contributed by atoms with Crippen molar-refractivity contribution in [1.82, 2.24) is 9.88 Å². The van der Waals surface area contributed by atoms with Gasteiger partial charge < -0.3 is 4.74 Å². The van der Waals surface area contributed by atoms with Crippen LogP contribution in [0.4, 0.5) is 0 Å². The summed E-state index contributed by atoms with van der Waals surface area (Å²) in [7, 11) is 0. The van der Waals surface area contributed by atoms with E-state index in [1.165, 1.54) is 31.4 Å². The van der Waals surface area contributed by atoms with Crippen LogP contribution in [0.3, 0.4) is 0 Å². The summed E-state index contributed by atoms with van der Waals surface area (Å²) in [6.07, 6.45) is 5.89. The van der Waals surface area contributed by atoms with Crippen LogP contribution in [0.1, 0.15) is 44.7 Å². The Hall–Kier alpha value is -1.09.